The van der Waals surface area contributed by atoms with Gasteiger partial charge in [0.05, 0.1) is 18.9 Å². The fourth-order valence-electron chi connectivity index (χ4n) is 3.24. The lowest BCUT2D eigenvalue weighted by molar-refractivity contribution is 0.0383. The molecular formula is C23H24FN5O4S. The quantitative estimate of drug-likeness (QED) is 0.480. The minimum atomic E-state index is -0.544. The van der Waals surface area contributed by atoms with Crippen molar-refractivity contribution in [1.82, 2.24) is 20.4 Å². The number of aromatic nitrogens is 2. The topological polar surface area (TPSA) is 106 Å². The molecule has 11 heteroatoms. The molecule has 4 rings (SSSR count). The van der Waals surface area contributed by atoms with Crippen LogP contribution in [0.15, 0.2) is 48.5 Å². The van der Waals surface area contributed by atoms with Crippen LogP contribution in [-0.4, -0.2) is 66.3 Å². The Morgan fingerprint density at radius 1 is 1.06 bits per heavy atom. The number of morpholine rings is 1. The number of nitrogens with one attached hydrogen (secondary N) is 2. The number of carbonyl (C=O) groups is 2. The third-order valence-electron chi connectivity index (χ3n) is 5.08. The number of ether oxygens (including phenoxy) is 2. The van der Waals surface area contributed by atoms with Crippen molar-refractivity contribution < 1.29 is 23.5 Å². The summed E-state index contributed by atoms with van der Waals surface area (Å²) in [5.41, 5.74) is 0.614. The van der Waals surface area contributed by atoms with Gasteiger partial charge in [-0.3, -0.25) is 14.5 Å². The Labute approximate surface area is 199 Å². The van der Waals surface area contributed by atoms with E-state index in [1.54, 1.807) is 30.3 Å². The molecule has 2 N–H and O–H groups in total. The number of halogens is 1. The Balaban J connectivity index is 1.22. The molecule has 2 heterocycles. The summed E-state index contributed by atoms with van der Waals surface area (Å²) >= 11 is 1.06. The minimum Gasteiger partial charge on any atom is -0.486 e. The largest absolute Gasteiger partial charge is 0.486 e. The third-order valence-corrected chi connectivity index (χ3v) is 5.97. The molecule has 0 spiro atoms. The second kappa shape index (κ2) is 11.6. The number of rotatable bonds is 9. The van der Waals surface area contributed by atoms with Crippen LogP contribution in [0.4, 0.5) is 10.1 Å². The summed E-state index contributed by atoms with van der Waals surface area (Å²) in [6.45, 7) is 4.70. The van der Waals surface area contributed by atoms with Crippen molar-refractivity contribution in [2.75, 3.05) is 44.7 Å². The van der Waals surface area contributed by atoms with Gasteiger partial charge in [0.2, 0.25) is 5.01 Å². The first-order chi connectivity index (χ1) is 16.6. The number of hydrogen-bond donors (Lipinski definition) is 2. The SMILES string of the molecule is O=C(NCCN1CCOCC1)c1ccc(OCc2nnc(C(=O)Nc3ccccc3F)s2)cc1. The van der Waals surface area contributed by atoms with Gasteiger partial charge in [-0.15, -0.1) is 10.2 Å². The maximum absolute atomic E-state index is 13.7. The number of amides is 2. The fourth-order valence-corrected chi connectivity index (χ4v) is 3.89. The van der Waals surface area contributed by atoms with E-state index >= 15 is 0 Å². The van der Waals surface area contributed by atoms with Gasteiger partial charge in [0.25, 0.3) is 11.8 Å². The van der Waals surface area contributed by atoms with E-state index in [-0.39, 0.29) is 23.2 Å². The summed E-state index contributed by atoms with van der Waals surface area (Å²) in [5.74, 6) is -0.664. The van der Waals surface area contributed by atoms with Gasteiger partial charge < -0.3 is 20.1 Å². The normalized spacial score (nSPS) is 13.9. The van der Waals surface area contributed by atoms with Gasteiger partial charge in [-0.2, -0.15) is 0 Å². The van der Waals surface area contributed by atoms with Crippen molar-refractivity contribution in [2.24, 2.45) is 0 Å². The second-order valence-electron chi connectivity index (χ2n) is 7.46. The van der Waals surface area contributed by atoms with Crippen molar-refractivity contribution in [2.45, 2.75) is 6.61 Å². The Morgan fingerprint density at radius 2 is 1.82 bits per heavy atom. The molecule has 2 aromatic carbocycles. The van der Waals surface area contributed by atoms with Crippen molar-refractivity contribution in [3.05, 3.63) is 69.9 Å². The van der Waals surface area contributed by atoms with Crippen molar-refractivity contribution in [1.29, 1.82) is 0 Å². The lowest BCUT2D eigenvalue weighted by atomic mass is 10.2. The van der Waals surface area contributed by atoms with Crippen LogP contribution < -0.4 is 15.4 Å². The van der Waals surface area contributed by atoms with Crippen molar-refractivity contribution in [3.63, 3.8) is 0 Å². The number of benzene rings is 2. The van der Waals surface area contributed by atoms with Crippen molar-refractivity contribution in [3.8, 4) is 5.75 Å². The van der Waals surface area contributed by atoms with Crippen LogP contribution in [-0.2, 0) is 11.3 Å². The maximum Gasteiger partial charge on any atom is 0.286 e. The van der Waals surface area contributed by atoms with Gasteiger partial charge >= 0.3 is 0 Å². The Bertz CT molecular complexity index is 1120. The van der Waals surface area contributed by atoms with Gasteiger partial charge in [-0.05, 0) is 36.4 Å². The van der Waals surface area contributed by atoms with E-state index in [0.717, 1.165) is 44.2 Å². The van der Waals surface area contributed by atoms with Gasteiger partial charge in [0.15, 0.2) is 5.01 Å². The maximum atomic E-state index is 13.7. The molecule has 1 saturated heterocycles. The van der Waals surface area contributed by atoms with Crippen LogP contribution in [0, 0.1) is 5.82 Å². The lowest BCUT2D eigenvalue weighted by Crippen LogP contribution is -2.41. The standard InChI is InChI=1S/C23H24FN5O4S/c24-18-3-1-2-4-19(18)26-22(31)23-28-27-20(34-23)15-33-17-7-5-16(6-8-17)21(30)25-9-10-29-11-13-32-14-12-29/h1-8H,9-15H2,(H,25,30)(H,26,31). The molecule has 0 unspecified atom stereocenters. The van der Waals surface area contributed by atoms with Gasteiger partial charge in [0, 0.05) is 31.7 Å². The average molecular weight is 486 g/mol. The fraction of sp³-hybridized carbons (Fsp3) is 0.304. The first kappa shape index (κ1) is 23.7. The van der Waals surface area contributed by atoms with E-state index < -0.39 is 11.7 Å². The third kappa shape index (κ3) is 6.56. The van der Waals surface area contributed by atoms with Gasteiger partial charge in [0.1, 0.15) is 18.2 Å². The van der Waals surface area contributed by atoms with E-state index in [0.29, 0.717) is 22.9 Å². The molecular weight excluding hydrogens is 461 g/mol. The van der Waals surface area contributed by atoms with Gasteiger partial charge in [-0.1, -0.05) is 23.5 Å². The predicted octanol–water partition coefficient (Wildman–Crippen LogP) is 2.57. The molecule has 0 saturated carbocycles. The number of carbonyl (C=O) groups excluding carboxylic acids is 2. The highest BCUT2D eigenvalue weighted by Crippen LogP contribution is 2.18. The Kier molecular flexibility index (Phi) is 8.12. The van der Waals surface area contributed by atoms with Crippen molar-refractivity contribution >= 4 is 28.8 Å². The molecule has 0 radical (unpaired) electrons. The summed E-state index contributed by atoms with van der Waals surface area (Å²) in [4.78, 5) is 26.8. The molecule has 3 aromatic rings. The summed E-state index contributed by atoms with van der Waals surface area (Å²) < 4.78 is 24.7. The highest BCUT2D eigenvalue weighted by atomic mass is 32.1. The predicted molar refractivity (Wildman–Crippen MR) is 125 cm³/mol. The molecule has 34 heavy (non-hydrogen) atoms. The highest BCUT2D eigenvalue weighted by Gasteiger charge is 2.15. The summed E-state index contributed by atoms with van der Waals surface area (Å²) in [6.07, 6.45) is 0. The number of anilines is 1. The van der Waals surface area contributed by atoms with E-state index in [1.807, 2.05) is 0 Å². The number of hydrogen-bond acceptors (Lipinski definition) is 8. The lowest BCUT2D eigenvalue weighted by Gasteiger charge is -2.26. The van der Waals surface area contributed by atoms with Gasteiger partial charge in [-0.25, -0.2) is 4.39 Å². The second-order valence-corrected chi connectivity index (χ2v) is 8.52. The molecule has 1 fully saturated rings. The molecule has 2 amide bonds. The van der Waals surface area contributed by atoms with Crippen LogP contribution in [0.25, 0.3) is 0 Å². The number of para-hydroxylation sites is 1. The summed E-state index contributed by atoms with van der Waals surface area (Å²) in [7, 11) is 0. The Morgan fingerprint density at radius 3 is 2.59 bits per heavy atom. The van der Waals surface area contributed by atoms with E-state index in [4.69, 9.17) is 9.47 Å². The molecule has 0 aliphatic carbocycles. The first-order valence-electron chi connectivity index (χ1n) is 10.8. The van der Waals surface area contributed by atoms with Crippen LogP contribution in [0.2, 0.25) is 0 Å². The molecule has 9 nitrogen and oxygen atoms in total. The molecule has 178 valence electrons. The molecule has 0 atom stereocenters. The smallest absolute Gasteiger partial charge is 0.286 e. The molecule has 1 aliphatic heterocycles. The summed E-state index contributed by atoms with van der Waals surface area (Å²) in [6, 6.07) is 12.7. The average Bonchev–Trinajstić information content (AvgIpc) is 3.34. The monoisotopic (exact) mass is 485 g/mol. The van der Waals surface area contributed by atoms with E-state index in [2.05, 4.69) is 25.7 Å². The van der Waals surface area contributed by atoms with Crippen LogP contribution in [0.3, 0.4) is 0 Å². The van der Waals surface area contributed by atoms with Crippen LogP contribution >= 0.6 is 11.3 Å². The number of nitrogens with zero attached hydrogens (tertiary/aromatic N) is 3. The van der Waals surface area contributed by atoms with Crippen LogP contribution in [0.5, 0.6) is 5.75 Å². The highest BCUT2D eigenvalue weighted by molar-refractivity contribution is 7.13. The molecule has 1 aromatic heterocycles. The minimum absolute atomic E-state index is 0.0747. The molecule has 1 aliphatic rings. The van der Waals surface area contributed by atoms with E-state index in [9.17, 15) is 14.0 Å². The zero-order valence-corrected chi connectivity index (χ0v) is 19.1. The van der Waals surface area contributed by atoms with E-state index in [1.165, 1.54) is 18.2 Å². The van der Waals surface area contributed by atoms with Crippen LogP contribution in [0.1, 0.15) is 25.2 Å². The first-order valence-corrected chi connectivity index (χ1v) is 11.6. The zero-order valence-electron chi connectivity index (χ0n) is 18.3. The zero-order chi connectivity index (χ0) is 23.8. The molecule has 0 bridgehead atoms. The summed E-state index contributed by atoms with van der Waals surface area (Å²) in [5, 5.41) is 13.8. The Hall–Kier alpha value is -3.41.